The van der Waals surface area contributed by atoms with Gasteiger partial charge in [0.25, 0.3) is 0 Å². The Kier molecular flexibility index (Phi) is 3.58. The van der Waals surface area contributed by atoms with Crippen LogP contribution in [0, 0.1) is 0 Å². The smallest absolute Gasteiger partial charge is 0.239 e. The van der Waals surface area contributed by atoms with Gasteiger partial charge in [-0.2, -0.15) is 4.98 Å². The van der Waals surface area contributed by atoms with Crippen molar-refractivity contribution in [2.45, 2.75) is 13.0 Å². The van der Waals surface area contributed by atoms with Crippen molar-refractivity contribution in [1.82, 2.24) is 24.7 Å². The lowest BCUT2D eigenvalue weighted by atomic mass is 10.3. The molecule has 2 heterocycles. The van der Waals surface area contributed by atoms with Gasteiger partial charge < -0.3 is 9.88 Å². The Morgan fingerprint density at radius 1 is 1.50 bits per heavy atom. The normalized spacial score (nSPS) is 12.2. The minimum Gasteiger partial charge on any atom is -0.359 e. The number of aromatic nitrogens is 5. The molecule has 1 atom stereocenters. The van der Waals surface area contributed by atoms with Crippen LogP contribution >= 0.6 is 11.6 Å². The number of anilines is 2. The number of aryl methyl sites for hydroxylation is 1. The highest BCUT2D eigenvalue weighted by atomic mass is 35.5. The molecule has 2 rings (SSSR count). The third kappa shape index (κ3) is 2.49. The summed E-state index contributed by atoms with van der Waals surface area (Å²) < 4.78 is 1.81. The number of halogens is 1. The lowest BCUT2D eigenvalue weighted by Crippen LogP contribution is -2.15. The molecular weight excluding hydrogens is 256 g/mol. The van der Waals surface area contributed by atoms with Crippen LogP contribution in [0.25, 0.3) is 0 Å². The summed E-state index contributed by atoms with van der Waals surface area (Å²) in [5.74, 6) is 6.78. The van der Waals surface area contributed by atoms with E-state index in [0.29, 0.717) is 10.8 Å². The van der Waals surface area contributed by atoms with Crippen molar-refractivity contribution in [2.24, 2.45) is 12.9 Å². The van der Waals surface area contributed by atoms with Gasteiger partial charge in [0, 0.05) is 7.05 Å². The first-order chi connectivity index (χ1) is 8.61. The van der Waals surface area contributed by atoms with Gasteiger partial charge in [0.2, 0.25) is 5.95 Å². The molecule has 2 aromatic rings. The van der Waals surface area contributed by atoms with Crippen LogP contribution in [-0.2, 0) is 7.05 Å². The Bertz CT molecular complexity index is 539. The van der Waals surface area contributed by atoms with Gasteiger partial charge in [0.05, 0.1) is 12.2 Å². The Balaban J connectivity index is 2.21. The highest BCUT2D eigenvalue weighted by Gasteiger charge is 2.14. The molecule has 0 aliphatic rings. The Labute approximate surface area is 109 Å². The van der Waals surface area contributed by atoms with E-state index in [4.69, 9.17) is 17.4 Å². The molecule has 0 fully saturated rings. The van der Waals surface area contributed by atoms with E-state index in [0.717, 1.165) is 5.82 Å². The molecule has 0 aliphatic heterocycles. The van der Waals surface area contributed by atoms with Crippen LogP contribution in [0.5, 0.6) is 0 Å². The number of nitrogen functional groups attached to an aromatic ring is 1. The fourth-order valence-electron chi connectivity index (χ4n) is 1.49. The second-order valence-electron chi connectivity index (χ2n) is 3.70. The van der Waals surface area contributed by atoms with Crippen molar-refractivity contribution in [1.29, 1.82) is 0 Å². The van der Waals surface area contributed by atoms with E-state index >= 15 is 0 Å². The van der Waals surface area contributed by atoms with E-state index in [1.807, 2.05) is 18.5 Å². The van der Waals surface area contributed by atoms with Crippen molar-refractivity contribution < 1.29 is 0 Å². The predicted molar refractivity (Wildman–Crippen MR) is 67.9 cm³/mol. The van der Waals surface area contributed by atoms with Crippen LogP contribution in [0.2, 0.25) is 5.02 Å². The van der Waals surface area contributed by atoms with Gasteiger partial charge >= 0.3 is 0 Å². The van der Waals surface area contributed by atoms with Crippen molar-refractivity contribution in [3.63, 3.8) is 0 Å². The molecule has 0 saturated heterocycles. The number of nitrogens with two attached hydrogens (primary N) is 1. The Morgan fingerprint density at radius 2 is 2.28 bits per heavy atom. The first-order valence-corrected chi connectivity index (χ1v) is 5.59. The Hall–Kier alpha value is -1.93. The molecule has 8 nitrogen and oxygen atoms in total. The summed E-state index contributed by atoms with van der Waals surface area (Å²) >= 11 is 6.00. The van der Waals surface area contributed by atoms with Gasteiger partial charge in [0.15, 0.2) is 11.6 Å². The summed E-state index contributed by atoms with van der Waals surface area (Å²) in [5.41, 5.74) is 2.36. The monoisotopic (exact) mass is 268 g/mol. The molecule has 2 aromatic heterocycles. The molecule has 0 radical (unpaired) electrons. The zero-order valence-electron chi connectivity index (χ0n) is 9.92. The first kappa shape index (κ1) is 12.5. The van der Waals surface area contributed by atoms with Crippen LogP contribution in [0.15, 0.2) is 12.5 Å². The molecule has 0 bridgehead atoms. The van der Waals surface area contributed by atoms with E-state index in [2.05, 4.69) is 30.9 Å². The molecule has 0 saturated carbocycles. The maximum atomic E-state index is 6.00. The first-order valence-electron chi connectivity index (χ1n) is 5.21. The number of hydrazine groups is 1. The van der Waals surface area contributed by atoms with Gasteiger partial charge in [-0.3, -0.25) is 5.43 Å². The lowest BCUT2D eigenvalue weighted by molar-refractivity contribution is 0.716. The van der Waals surface area contributed by atoms with E-state index in [1.54, 1.807) is 6.33 Å². The number of hydrogen-bond donors (Lipinski definition) is 3. The minimum atomic E-state index is -0.101. The fraction of sp³-hybridized carbons (Fsp3) is 0.333. The van der Waals surface area contributed by atoms with Gasteiger partial charge in [-0.1, -0.05) is 11.6 Å². The standard InChI is InChI=1S/C9H13ClN8/c1-5(8-17-13-4-18(8)2)14-7-6(10)3-12-9(15-7)16-11/h3-5H,11H2,1-2H3,(H2,12,14,15,16). The summed E-state index contributed by atoms with van der Waals surface area (Å²) in [6.45, 7) is 1.93. The summed E-state index contributed by atoms with van der Waals surface area (Å²) in [6.07, 6.45) is 3.09. The maximum absolute atomic E-state index is 6.00. The lowest BCUT2D eigenvalue weighted by Gasteiger charge is -2.14. The second-order valence-corrected chi connectivity index (χ2v) is 4.11. The number of hydrogen-bond acceptors (Lipinski definition) is 7. The van der Waals surface area contributed by atoms with E-state index in [-0.39, 0.29) is 12.0 Å². The van der Waals surface area contributed by atoms with Gasteiger partial charge in [0.1, 0.15) is 11.3 Å². The predicted octanol–water partition coefficient (Wildman–Crippen LogP) is 0.717. The van der Waals surface area contributed by atoms with Crippen LogP contribution in [0.1, 0.15) is 18.8 Å². The van der Waals surface area contributed by atoms with Gasteiger partial charge in [-0.05, 0) is 6.92 Å². The van der Waals surface area contributed by atoms with Crippen LogP contribution in [0.4, 0.5) is 11.8 Å². The molecule has 0 amide bonds. The van der Waals surface area contributed by atoms with Crippen molar-refractivity contribution in [2.75, 3.05) is 10.7 Å². The third-order valence-corrected chi connectivity index (χ3v) is 2.64. The molecule has 4 N–H and O–H groups in total. The van der Waals surface area contributed by atoms with Crippen molar-refractivity contribution >= 4 is 23.4 Å². The summed E-state index contributed by atoms with van der Waals surface area (Å²) in [6, 6.07) is -0.101. The molecule has 18 heavy (non-hydrogen) atoms. The largest absolute Gasteiger partial charge is 0.359 e. The van der Waals surface area contributed by atoms with Crippen molar-refractivity contribution in [3.05, 3.63) is 23.4 Å². The average molecular weight is 269 g/mol. The van der Waals surface area contributed by atoms with Gasteiger partial charge in [-0.25, -0.2) is 10.8 Å². The Morgan fingerprint density at radius 3 is 2.89 bits per heavy atom. The van der Waals surface area contributed by atoms with Crippen LogP contribution < -0.4 is 16.6 Å². The number of nitrogens with one attached hydrogen (secondary N) is 2. The highest BCUT2D eigenvalue weighted by molar-refractivity contribution is 6.32. The zero-order valence-corrected chi connectivity index (χ0v) is 10.7. The minimum absolute atomic E-state index is 0.101. The average Bonchev–Trinajstić information content (AvgIpc) is 2.78. The quantitative estimate of drug-likeness (QED) is 0.554. The molecule has 0 aromatic carbocycles. The van der Waals surface area contributed by atoms with Crippen LogP contribution in [0.3, 0.4) is 0 Å². The number of rotatable bonds is 4. The summed E-state index contributed by atoms with van der Waals surface area (Å²) in [4.78, 5) is 8.02. The SMILES string of the molecule is CC(Nc1nc(NN)ncc1Cl)c1nncn1C. The molecule has 9 heteroatoms. The third-order valence-electron chi connectivity index (χ3n) is 2.36. The molecule has 1 unspecified atom stereocenters. The summed E-state index contributed by atoms with van der Waals surface area (Å²) in [5, 5.41) is 11.4. The van der Waals surface area contributed by atoms with E-state index in [9.17, 15) is 0 Å². The highest BCUT2D eigenvalue weighted by Crippen LogP contribution is 2.23. The van der Waals surface area contributed by atoms with Crippen molar-refractivity contribution in [3.8, 4) is 0 Å². The maximum Gasteiger partial charge on any atom is 0.239 e. The molecule has 0 spiro atoms. The molecule has 96 valence electrons. The number of nitrogens with zero attached hydrogens (tertiary/aromatic N) is 5. The zero-order chi connectivity index (χ0) is 13.1. The van der Waals surface area contributed by atoms with E-state index in [1.165, 1.54) is 6.20 Å². The van der Waals surface area contributed by atoms with Gasteiger partial charge in [-0.15, -0.1) is 10.2 Å². The molecular formula is C9H13ClN8. The fourth-order valence-corrected chi connectivity index (χ4v) is 1.64. The summed E-state index contributed by atoms with van der Waals surface area (Å²) in [7, 11) is 1.86. The topological polar surface area (TPSA) is 107 Å². The van der Waals surface area contributed by atoms with E-state index < -0.39 is 0 Å². The molecule has 0 aliphatic carbocycles. The second kappa shape index (κ2) is 5.15. The van der Waals surface area contributed by atoms with Crippen LogP contribution in [-0.4, -0.2) is 24.7 Å².